The molecule has 4 aromatic heterocycles. The first-order chi connectivity index (χ1) is 16.7. The van der Waals surface area contributed by atoms with E-state index in [2.05, 4.69) is 30.1 Å². The molecule has 0 aliphatic carbocycles. The monoisotopic (exact) mass is 492 g/mol. The van der Waals surface area contributed by atoms with Gasteiger partial charge in [0.1, 0.15) is 22.2 Å². The average Bonchev–Trinajstić information content (AvgIpc) is 3.45. The summed E-state index contributed by atoms with van der Waals surface area (Å²) in [5, 5.41) is 12.0. The van der Waals surface area contributed by atoms with Crippen molar-refractivity contribution in [2.24, 2.45) is 7.05 Å². The third-order valence-electron chi connectivity index (χ3n) is 5.72. The number of hydrogen-bond donors (Lipinski definition) is 2. The summed E-state index contributed by atoms with van der Waals surface area (Å²) < 4.78 is 12.6. The molecule has 0 fully saturated rings. The Kier molecular flexibility index (Phi) is 5.52. The number of aromatic nitrogens is 5. The largest absolute Gasteiger partial charge is 0.455 e. The summed E-state index contributed by atoms with van der Waals surface area (Å²) in [7, 11) is 1.80. The summed E-state index contributed by atoms with van der Waals surface area (Å²) in [4.78, 5) is 31.6. The van der Waals surface area contributed by atoms with Gasteiger partial charge in [-0.05, 0) is 44.5 Å². The number of hydrogen-bond acceptors (Lipinski definition) is 8. The van der Waals surface area contributed by atoms with Gasteiger partial charge in [-0.3, -0.25) is 19.0 Å². The molecule has 35 heavy (non-hydrogen) atoms. The fourth-order valence-corrected chi connectivity index (χ4v) is 4.23. The van der Waals surface area contributed by atoms with Gasteiger partial charge in [0.25, 0.3) is 0 Å². The van der Waals surface area contributed by atoms with Crippen molar-refractivity contribution in [1.82, 2.24) is 24.9 Å². The molecule has 2 N–H and O–H groups in total. The second-order valence-electron chi connectivity index (χ2n) is 8.36. The Balaban J connectivity index is 1.64. The van der Waals surface area contributed by atoms with Gasteiger partial charge in [0.05, 0.1) is 28.9 Å². The van der Waals surface area contributed by atoms with Crippen molar-refractivity contribution in [3.8, 4) is 22.8 Å². The fourth-order valence-electron chi connectivity index (χ4n) is 4.08. The van der Waals surface area contributed by atoms with Gasteiger partial charge in [-0.15, -0.1) is 0 Å². The maximum Gasteiger partial charge on any atom is 0.439 e. The lowest BCUT2D eigenvalue weighted by atomic mass is 9.99. The number of benzene rings is 1. The van der Waals surface area contributed by atoms with Gasteiger partial charge in [-0.2, -0.15) is 5.10 Å². The minimum absolute atomic E-state index is 0.101. The van der Waals surface area contributed by atoms with Crippen LogP contribution in [0.2, 0.25) is 5.15 Å². The van der Waals surface area contributed by atoms with Crippen LogP contribution in [0.1, 0.15) is 29.7 Å². The van der Waals surface area contributed by atoms with Crippen LogP contribution >= 0.6 is 11.6 Å². The summed E-state index contributed by atoms with van der Waals surface area (Å²) in [5.74, 6) is -0.0882. The number of anilines is 1. The Morgan fingerprint density at radius 2 is 2.00 bits per heavy atom. The van der Waals surface area contributed by atoms with Crippen molar-refractivity contribution < 1.29 is 8.94 Å². The molecule has 10 nitrogen and oxygen atoms in total. The summed E-state index contributed by atoms with van der Waals surface area (Å²) in [5.41, 5.74) is 4.18. The van der Waals surface area contributed by atoms with Crippen molar-refractivity contribution in [2.75, 3.05) is 5.32 Å². The number of halogens is 1. The van der Waals surface area contributed by atoms with Gasteiger partial charge < -0.3 is 9.73 Å². The Morgan fingerprint density at radius 1 is 1.20 bits per heavy atom. The van der Waals surface area contributed by atoms with Crippen LogP contribution in [0.3, 0.4) is 0 Å². The fraction of sp³-hybridized carbons (Fsp3) is 0.208. The van der Waals surface area contributed by atoms with Gasteiger partial charge in [0.2, 0.25) is 5.82 Å². The zero-order valence-corrected chi connectivity index (χ0v) is 20.1. The van der Waals surface area contributed by atoms with Crippen molar-refractivity contribution in [1.29, 1.82) is 0 Å². The molecule has 1 aromatic carbocycles. The van der Waals surface area contributed by atoms with Crippen LogP contribution in [0, 0.1) is 13.8 Å². The van der Waals surface area contributed by atoms with E-state index in [0.717, 1.165) is 16.7 Å². The highest BCUT2D eigenvalue weighted by molar-refractivity contribution is 6.29. The lowest BCUT2D eigenvalue weighted by Gasteiger charge is -2.19. The number of aromatic amines is 1. The van der Waals surface area contributed by atoms with Crippen LogP contribution < -0.4 is 16.5 Å². The average molecular weight is 493 g/mol. The number of pyridine rings is 1. The standard InChI is InChI=1S/C24H21ClN6O4/c1-11-7-15(13(3)27-17-5-6-18(25)28-19(17)23-29-24(33)35-30-23)22-16(8-11)20(32)12(2)21(34-22)14-9-26-31(4)10-14/h5-10,13,27H,1-4H3,(H,29,30,33)/t13-/m1/s1. The Morgan fingerprint density at radius 3 is 2.69 bits per heavy atom. The van der Waals surface area contributed by atoms with Crippen LogP contribution in [-0.4, -0.2) is 24.9 Å². The van der Waals surface area contributed by atoms with Crippen LogP contribution in [0.4, 0.5) is 5.69 Å². The normalized spacial score (nSPS) is 12.3. The molecule has 0 amide bonds. The lowest BCUT2D eigenvalue weighted by Crippen LogP contribution is -2.13. The van der Waals surface area contributed by atoms with Crippen LogP contribution in [0.25, 0.3) is 33.8 Å². The highest BCUT2D eigenvalue weighted by Crippen LogP contribution is 2.33. The third-order valence-corrected chi connectivity index (χ3v) is 5.93. The molecular formula is C24H21ClN6O4. The van der Waals surface area contributed by atoms with Crippen LogP contribution in [0.15, 0.2) is 55.2 Å². The molecule has 5 rings (SSSR count). The zero-order chi connectivity index (χ0) is 24.9. The Hall–Kier alpha value is -4.18. The molecule has 0 saturated carbocycles. The number of nitrogens with zero attached hydrogens (tertiary/aromatic N) is 4. The molecular weight excluding hydrogens is 472 g/mol. The van der Waals surface area contributed by atoms with E-state index >= 15 is 0 Å². The summed E-state index contributed by atoms with van der Waals surface area (Å²) >= 11 is 6.09. The lowest BCUT2D eigenvalue weighted by molar-refractivity contribution is 0.388. The quantitative estimate of drug-likeness (QED) is 0.345. The number of nitrogens with one attached hydrogen (secondary N) is 2. The first kappa shape index (κ1) is 22.6. The second-order valence-corrected chi connectivity index (χ2v) is 8.75. The molecule has 11 heteroatoms. The predicted molar refractivity (Wildman–Crippen MR) is 132 cm³/mol. The van der Waals surface area contributed by atoms with E-state index in [9.17, 15) is 9.59 Å². The van der Waals surface area contributed by atoms with Crippen molar-refractivity contribution in [2.45, 2.75) is 26.8 Å². The second kappa shape index (κ2) is 8.55. The number of fused-ring (bicyclic) bond motifs is 1. The maximum absolute atomic E-state index is 13.3. The van der Waals surface area contributed by atoms with Gasteiger partial charge in [0, 0.05) is 24.4 Å². The van der Waals surface area contributed by atoms with Gasteiger partial charge in [0.15, 0.2) is 5.43 Å². The third kappa shape index (κ3) is 4.12. The highest BCUT2D eigenvalue weighted by Gasteiger charge is 2.21. The highest BCUT2D eigenvalue weighted by atomic mass is 35.5. The minimum atomic E-state index is -0.703. The van der Waals surface area contributed by atoms with E-state index in [4.69, 9.17) is 16.0 Å². The zero-order valence-electron chi connectivity index (χ0n) is 19.3. The first-order valence-corrected chi connectivity index (χ1v) is 11.2. The van der Waals surface area contributed by atoms with E-state index in [1.165, 1.54) is 0 Å². The topological polar surface area (TPSA) is 132 Å². The molecule has 0 aliphatic heterocycles. The van der Waals surface area contributed by atoms with Crippen molar-refractivity contribution in [3.63, 3.8) is 0 Å². The molecule has 5 aromatic rings. The Labute approximate surface area is 203 Å². The first-order valence-electron chi connectivity index (χ1n) is 10.8. The van der Waals surface area contributed by atoms with E-state index < -0.39 is 5.76 Å². The van der Waals surface area contributed by atoms with Crippen LogP contribution in [-0.2, 0) is 7.05 Å². The smallest absolute Gasteiger partial charge is 0.439 e. The molecule has 4 heterocycles. The van der Waals surface area contributed by atoms with Gasteiger partial charge in [-0.25, -0.2) is 9.78 Å². The van der Waals surface area contributed by atoms with Crippen molar-refractivity contribution in [3.05, 3.63) is 79.3 Å². The number of rotatable bonds is 5. The Bertz CT molecular complexity index is 1700. The number of aryl methyl sites for hydroxylation is 2. The molecule has 0 unspecified atom stereocenters. The SMILES string of the molecule is Cc1cc([C@@H](C)Nc2ccc(Cl)nc2-c2noc(=O)[nH]2)c2oc(-c3cnn(C)c3)c(C)c(=O)c2c1. The maximum atomic E-state index is 13.3. The van der Waals surface area contributed by atoms with Gasteiger partial charge >= 0.3 is 5.76 Å². The summed E-state index contributed by atoms with van der Waals surface area (Å²) in [6.07, 6.45) is 3.47. The van der Waals surface area contributed by atoms with Gasteiger partial charge in [-0.1, -0.05) is 22.8 Å². The van der Waals surface area contributed by atoms with Crippen LogP contribution in [0.5, 0.6) is 0 Å². The molecule has 0 aliphatic rings. The van der Waals surface area contributed by atoms with E-state index in [-0.39, 0.29) is 22.4 Å². The van der Waals surface area contributed by atoms with Crippen molar-refractivity contribution >= 4 is 28.3 Å². The molecule has 0 spiro atoms. The molecule has 1 atom stereocenters. The number of H-pyrrole nitrogens is 1. The van der Waals surface area contributed by atoms with E-state index in [1.807, 2.05) is 26.0 Å². The predicted octanol–water partition coefficient (Wildman–Crippen LogP) is 4.38. The molecule has 0 saturated heterocycles. The molecule has 178 valence electrons. The summed E-state index contributed by atoms with van der Waals surface area (Å²) in [6.45, 7) is 5.61. The molecule has 0 radical (unpaired) electrons. The van der Waals surface area contributed by atoms with E-state index in [1.54, 1.807) is 43.2 Å². The summed E-state index contributed by atoms with van der Waals surface area (Å²) in [6, 6.07) is 6.81. The minimum Gasteiger partial charge on any atom is -0.455 e. The van der Waals surface area contributed by atoms with E-state index in [0.29, 0.717) is 33.7 Å². The molecule has 0 bridgehead atoms.